The first-order valence-corrected chi connectivity index (χ1v) is 10.6. The third-order valence-corrected chi connectivity index (χ3v) is 5.32. The van der Waals surface area contributed by atoms with Gasteiger partial charge < -0.3 is 10.5 Å². The standard InChI is InChI=1S/C24H22N6O5/c1-28-22(32)20(21(25)30(24(28)34)13-17-10-6-3-7-11-17)19(31)15-35-23(33)18-14-29(27-26-18)12-16-8-4-2-5-9-16/h2-11,14H,12-13,15,25H2,1H3. The molecule has 0 amide bonds. The van der Waals surface area contributed by atoms with E-state index in [4.69, 9.17) is 10.5 Å². The zero-order valence-corrected chi connectivity index (χ0v) is 18.8. The van der Waals surface area contributed by atoms with Crippen molar-refractivity contribution in [3.05, 3.63) is 110 Å². The number of benzene rings is 2. The zero-order chi connectivity index (χ0) is 24.9. The topological polar surface area (TPSA) is 144 Å². The molecule has 0 saturated carbocycles. The van der Waals surface area contributed by atoms with E-state index < -0.39 is 35.2 Å². The van der Waals surface area contributed by atoms with Crippen molar-refractivity contribution >= 4 is 17.6 Å². The summed E-state index contributed by atoms with van der Waals surface area (Å²) in [6.07, 6.45) is 1.40. The van der Waals surface area contributed by atoms with Crippen LogP contribution in [0, 0.1) is 0 Å². The van der Waals surface area contributed by atoms with E-state index in [1.54, 1.807) is 24.3 Å². The Morgan fingerprint density at radius 2 is 1.54 bits per heavy atom. The molecular weight excluding hydrogens is 452 g/mol. The van der Waals surface area contributed by atoms with E-state index in [0.717, 1.165) is 20.3 Å². The highest BCUT2D eigenvalue weighted by Gasteiger charge is 2.23. The normalized spacial score (nSPS) is 10.8. The molecule has 4 rings (SSSR count). The van der Waals surface area contributed by atoms with Crippen LogP contribution >= 0.6 is 0 Å². The maximum atomic E-state index is 12.8. The van der Waals surface area contributed by atoms with Gasteiger partial charge in [-0.3, -0.25) is 18.7 Å². The summed E-state index contributed by atoms with van der Waals surface area (Å²) in [7, 11) is 1.25. The first-order valence-electron chi connectivity index (χ1n) is 10.6. The number of carbonyl (C=O) groups excluding carboxylic acids is 2. The van der Waals surface area contributed by atoms with Crippen LogP contribution < -0.4 is 17.0 Å². The van der Waals surface area contributed by atoms with Crippen molar-refractivity contribution in [1.29, 1.82) is 0 Å². The molecule has 4 aromatic rings. The molecule has 11 heteroatoms. The third kappa shape index (κ3) is 5.08. The minimum atomic E-state index is -0.884. The quantitative estimate of drug-likeness (QED) is 0.292. The summed E-state index contributed by atoms with van der Waals surface area (Å²) >= 11 is 0. The van der Waals surface area contributed by atoms with E-state index in [2.05, 4.69) is 10.3 Å². The van der Waals surface area contributed by atoms with Gasteiger partial charge in [0, 0.05) is 7.05 Å². The zero-order valence-electron chi connectivity index (χ0n) is 18.8. The number of hydrogen-bond donors (Lipinski definition) is 1. The average Bonchev–Trinajstić information content (AvgIpc) is 3.34. The third-order valence-electron chi connectivity index (χ3n) is 5.32. The summed E-state index contributed by atoms with van der Waals surface area (Å²) in [5.74, 6) is -2.02. The van der Waals surface area contributed by atoms with Crippen LogP contribution in [0.3, 0.4) is 0 Å². The molecule has 0 fully saturated rings. The number of rotatable bonds is 8. The van der Waals surface area contributed by atoms with Gasteiger partial charge in [-0.15, -0.1) is 5.10 Å². The number of hydrogen-bond acceptors (Lipinski definition) is 8. The van der Waals surface area contributed by atoms with Crippen LogP contribution in [0.4, 0.5) is 5.82 Å². The van der Waals surface area contributed by atoms with Crippen molar-refractivity contribution in [2.75, 3.05) is 12.3 Å². The van der Waals surface area contributed by atoms with Crippen molar-refractivity contribution in [1.82, 2.24) is 24.1 Å². The highest BCUT2D eigenvalue weighted by atomic mass is 16.5. The van der Waals surface area contributed by atoms with Gasteiger partial charge in [0.2, 0.25) is 5.78 Å². The fourth-order valence-electron chi connectivity index (χ4n) is 3.48. The lowest BCUT2D eigenvalue weighted by atomic mass is 10.2. The van der Waals surface area contributed by atoms with Crippen molar-refractivity contribution in [2.24, 2.45) is 7.05 Å². The van der Waals surface area contributed by atoms with Gasteiger partial charge in [0.1, 0.15) is 11.4 Å². The van der Waals surface area contributed by atoms with Crippen molar-refractivity contribution in [2.45, 2.75) is 13.1 Å². The van der Waals surface area contributed by atoms with Crippen LogP contribution in [0.2, 0.25) is 0 Å². The fraction of sp³-hybridized carbons (Fsp3) is 0.167. The first kappa shape index (κ1) is 23.4. The molecule has 2 aromatic heterocycles. The molecule has 0 aliphatic carbocycles. The van der Waals surface area contributed by atoms with E-state index in [9.17, 15) is 19.2 Å². The Bertz CT molecular complexity index is 1490. The molecule has 178 valence electrons. The second kappa shape index (κ2) is 10.00. The minimum absolute atomic E-state index is 0.0597. The Kier molecular flexibility index (Phi) is 6.67. The molecule has 0 bridgehead atoms. The molecule has 0 aliphatic rings. The number of nitrogens with zero attached hydrogens (tertiary/aromatic N) is 5. The average molecular weight is 474 g/mol. The van der Waals surface area contributed by atoms with Gasteiger partial charge in [0.15, 0.2) is 12.3 Å². The minimum Gasteiger partial charge on any atom is -0.452 e. The van der Waals surface area contributed by atoms with Crippen LogP contribution in [0.1, 0.15) is 32.0 Å². The summed E-state index contributed by atoms with van der Waals surface area (Å²) < 4.78 is 8.43. The van der Waals surface area contributed by atoms with Gasteiger partial charge in [-0.25, -0.2) is 14.3 Å². The summed E-state index contributed by atoms with van der Waals surface area (Å²) in [5.41, 5.74) is 5.72. The first-order chi connectivity index (χ1) is 16.8. The number of anilines is 1. The van der Waals surface area contributed by atoms with Crippen LogP contribution in [-0.4, -0.2) is 42.5 Å². The second-order valence-corrected chi connectivity index (χ2v) is 7.76. The molecular formula is C24H22N6O5. The lowest BCUT2D eigenvalue weighted by Gasteiger charge is -2.14. The maximum absolute atomic E-state index is 12.8. The fourth-order valence-corrected chi connectivity index (χ4v) is 3.48. The molecule has 2 aromatic carbocycles. The van der Waals surface area contributed by atoms with Crippen molar-refractivity contribution in [3.8, 4) is 0 Å². The van der Waals surface area contributed by atoms with Crippen LogP contribution in [0.25, 0.3) is 0 Å². The molecule has 0 radical (unpaired) electrons. The molecule has 35 heavy (non-hydrogen) atoms. The Morgan fingerprint density at radius 1 is 0.943 bits per heavy atom. The SMILES string of the molecule is Cn1c(=O)c(C(=O)COC(=O)c2cn(Cc3ccccc3)nn2)c(N)n(Cc2ccccc2)c1=O. The molecule has 0 atom stereocenters. The maximum Gasteiger partial charge on any atom is 0.360 e. The summed E-state index contributed by atoms with van der Waals surface area (Å²) in [6, 6.07) is 18.4. The van der Waals surface area contributed by atoms with Crippen LogP contribution in [0.15, 0.2) is 76.4 Å². The number of ketones is 1. The molecule has 2 heterocycles. The molecule has 0 saturated heterocycles. The molecule has 2 N–H and O–H groups in total. The highest BCUT2D eigenvalue weighted by Crippen LogP contribution is 2.10. The number of nitrogen functional groups attached to an aromatic ring is 1. The van der Waals surface area contributed by atoms with E-state index >= 15 is 0 Å². The smallest absolute Gasteiger partial charge is 0.360 e. The predicted octanol–water partition coefficient (Wildman–Crippen LogP) is 0.857. The Hall–Kier alpha value is -4.80. The summed E-state index contributed by atoms with van der Waals surface area (Å²) in [6.45, 7) is -0.298. The predicted molar refractivity (Wildman–Crippen MR) is 126 cm³/mol. The van der Waals surface area contributed by atoms with E-state index in [-0.39, 0.29) is 18.1 Å². The van der Waals surface area contributed by atoms with E-state index in [1.807, 2.05) is 36.4 Å². The van der Waals surface area contributed by atoms with Gasteiger partial charge >= 0.3 is 11.7 Å². The number of aromatic nitrogens is 5. The molecule has 0 aliphatic heterocycles. The van der Waals surface area contributed by atoms with Gasteiger partial charge in [-0.05, 0) is 11.1 Å². The van der Waals surface area contributed by atoms with Crippen molar-refractivity contribution in [3.63, 3.8) is 0 Å². The number of esters is 1. The van der Waals surface area contributed by atoms with Crippen LogP contribution in [-0.2, 0) is 24.9 Å². The van der Waals surface area contributed by atoms with E-state index in [0.29, 0.717) is 6.54 Å². The van der Waals surface area contributed by atoms with E-state index in [1.165, 1.54) is 17.9 Å². The summed E-state index contributed by atoms with van der Waals surface area (Å²) in [5, 5.41) is 7.66. The van der Waals surface area contributed by atoms with Crippen LogP contribution in [0.5, 0.6) is 0 Å². The van der Waals surface area contributed by atoms with Gasteiger partial charge in [-0.1, -0.05) is 65.9 Å². The second-order valence-electron chi connectivity index (χ2n) is 7.76. The molecule has 0 spiro atoms. The lowest BCUT2D eigenvalue weighted by Crippen LogP contribution is -2.43. The molecule has 11 nitrogen and oxygen atoms in total. The number of carbonyl (C=O) groups is 2. The van der Waals surface area contributed by atoms with Gasteiger partial charge in [0.05, 0.1) is 19.3 Å². The Morgan fingerprint density at radius 3 is 2.17 bits per heavy atom. The monoisotopic (exact) mass is 474 g/mol. The number of nitrogens with two attached hydrogens (primary N) is 1. The summed E-state index contributed by atoms with van der Waals surface area (Å²) in [4.78, 5) is 50.4. The van der Waals surface area contributed by atoms with Gasteiger partial charge in [0.25, 0.3) is 5.56 Å². The largest absolute Gasteiger partial charge is 0.452 e. The van der Waals surface area contributed by atoms with Gasteiger partial charge in [-0.2, -0.15) is 0 Å². The Balaban J connectivity index is 1.49. The number of ether oxygens (including phenoxy) is 1. The molecule has 0 unspecified atom stereocenters. The number of Topliss-reactive ketones (excluding diaryl/α,β-unsaturated/α-hetero) is 1. The lowest BCUT2D eigenvalue weighted by molar-refractivity contribution is 0.0468. The Labute approximate surface area is 199 Å². The highest BCUT2D eigenvalue weighted by molar-refractivity contribution is 6.02. The van der Waals surface area contributed by atoms with Crippen molar-refractivity contribution < 1.29 is 14.3 Å².